The van der Waals surface area contributed by atoms with Crippen LogP contribution in [0.3, 0.4) is 0 Å². The molecule has 0 atom stereocenters. The number of nitrogens with zero attached hydrogens (tertiary/aromatic N) is 5. The molecule has 2 aromatic carbocycles. The van der Waals surface area contributed by atoms with Crippen molar-refractivity contribution in [1.82, 2.24) is 18.9 Å². The molecule has 14 heteroatoms. The topological polar surface area (TPSA) is 126 Å². The number of hydrogen-bond donors (Lipinski definition) is 1. The molecular formula is C24H19F3N6O4S. The first-order valence-electron chi connectivity index (χ1n) is 10.9. The highest BCUT2D eigenvalue weighted by atomic mass is 32.2. The van der Waals surface area contributed by atoms with Crippen LogP contribution in [-0.4, -0.2) is 27.3 Å². The molecule has 0 aliphatic rings. The molecule has 0 saturated carbocycles. The fourth-order valence-electron chi connectivity index (χ4n) is 4.06. The minimum absolute atomic E-state index is 0.131. The third-order valence-electron chi connectivity index (χ3n) is 5.83. The smallest absolute Gasteiger partial charge is 0.268 e. The van der Waals surface area contributed by atoms with Crippen molar-refractivity contribution in [2.24, 2.45) is 5.14 Å². The van der Waals surface area contributed by atoms with Crippen LogP contribution < -0.4 is 16.4 Å². The Labute approximate surface area is 213 Å². The summed E-state index contributed by atoms with van der Waals surface area (Å²) in [5.74, 6) is 0. The fraction of sp³-hybridized carbons (Fsp3) is 0.167. The number of nitrogens with two attached hydrogens (primary N) is 1. The average Bonchev–Trinajstić information content (AvgIpc) is 3.29. The summed E-state index contributed by atoms with van der Waals surface area (Å²) < 4.78 is 68.1. The van der Waals surface area contributed by atoms with E-state index in [0.717, 1.165) is 38.2 Å². The third kappa shape index (κ3) is 4.53. The van der Waals surface area contributed by atoms with E-state index in [9.17, 15) is 31.2 Å². The Morgan fingerprint density at radius 2 is 1.74 bits per heavy atom. The van der Waals surface area contributed by atoms with Crippen molar-refractivity contribution >= 4 is 15.7 Å². The van der Waals surface area contributed by atoms with E-state index in [2.05, 4.69) is 9.94 Å². The molecule has 196 valence electrons. The highest BCUT2D eigenvalue weighted by Gasteiger charge is 2.32. The lowest BCUT2D eigenvalue weighted by Gasteiger charge is -2.19. The lowest BCUT2D eigenvalue weighted by atomic mass is 10.1. The predicted octanol–water partition coefficient (Wildman–Crippen LogP) is 3.40. The molecule has 0 aliphatic carbocycles. The summed E-state index contributed by atoms with van der Waals surface area (Å²) in [6, 6.07) is 9.80. The zero-order valence-corrected chi connectivity index (χ0v) is 20.7. The SMILES string of the molecule is [C-]#[N+]c1ccc(-n2ncc(S(N)(=O)=O)c2-c2c(C)n(-c3cccc(C(F)(F)F)c3)c(=O)n(CC)c2=O)cc1. The minimum Gasteiger partial charge on any atom is -0.268 e. The van der Waals surface area contributed by atoms with Gasteiger partial charge in [0, 0.05) is 12.2 Å². The number of primary sulfonamides is 1. The summed E-state index contributed by atoms with van der Waals surface area (Å²) in [6.07, 6.45) is -3.77. The van der Waals surface area contributed by atoms with Gasteiger partial charge >= 0.3 is 11.9 Å². The molecule has 0 aliphatic heterocycles. The van der Waals surface area contributed by atoms with E-state index >= 15 is 0 Å². The maximum absolute atomic E-state index is 13.6. The number of benzene rings is 2. The molecule has 0 fully saturated rings. The molecule has 0 unspecified atom stereocenters. The molecule has 2 N–H and O–H groups in total. The lowest BCUT2D eigenvalue weighted by molar-refractivity contribution is -0.137. The predicted molar refractivity (Wildman–Crippen MR) is 132 cm³/mol. The summed E-state index contributed by atoms with van der Waals surface area (Å²) >= 11 is 0. The number of halogens is 3. The summed E-state index contributed by atoms with van der Waals surface area (Å²) in [5.41, 5.74) is -3.17. The normalized spacial score (nSPS) is 11.9. The molecule has 4 rings (SSSR count). The number of alkyl halides is 3. The van der Waals surface area contributed by atoms with Crippen molar-refractivity contribution in [1.29, 1.82) is 0 Å². The van der Waals surface area contributed by atoms with Crippen LogP contribution in [0.4, 0.5) is 18.9 Å². The van der Waals surface area contributed by atoms with Gasteiger partial charge in [0.15, 0.2) is 5.69 Å². The van der Waals surface area contributed by atoms with Gasteiger partial charge in [-0.25, -0.2) is 27.9 Å². The van der Waals surface area contributed by atoms with E-state index in [1.807, 2.05) is 0 Å². The first kappa shape index (κ1) is 26.6. The highest BCUT2D eigenvalue weighted by molar-refractivity contribution is 7.89. The van der Waals surface area contributed by atoms with E-state index in [-0.39, 0.29) is 40.6 Å². The van der Waals surface area contributed by atoms with Gasteiger partial charge in [-0.15, -0.1) is 0 Å². The highest BCUT2D eigenvalue weighted by Crippen LogP contribution is 2.32. The summed E-state index contributed by atoms with van der Waals surface area (Å²) in [7, 11) is -4.46. The van der Waals surface area contributed by atoms with Crippen LogP contribution in [0.1, 0.15) is 18.2 Å². The Hall–Kier alpha value is -4.48. The van der Waals surface area contributed by atoms with Gasteiger partial charge < -0.3 is 0 Å². The van der Waals surface area contributed by atoms with Crippen LogP contribution in [0.5, 0.6) is 0 Å². The summed E-state index contributed by atoms with van der Waals surface area (Å²) in [5, 5.41) is 9.52. The molecule has 0 saturated heterocycles. The number of aromatic nitrogens is 4. The second-order valence-corrected chi connectivity index (χ2v) is 9.65. The van der Waals surface area contributed by atoms with Gasteiger partial charge in [0.2, 0.25) is 10.0 Å². The van der Waals surface area contributed by atoms with Crippen molar-refractivity contribution in [3.05, 3.63) is 98.2 Å². The summed E-state index contributed by atoms with van der Waals surface area (Å²) in [6.45, 7) is 9.75. The first-order chi connectivity index (χ1) is 17.8. The van der Waals surface area contributed by atoms with Crippen molar-refractivity contribution in [2.75, 3.05) is 0 Å². The zero-order chi connectivity index (χ0) is 28.0. The third-order valence-corrected chi connectivity index (χ3v) is 6.74. The van der Waals surface area contributed by atoms with E-state index in [1.54, 1.807) is 0 Å². The minimum atomic E-state index is -4.70. The van der Waals surface area contributed by atoms with E-state index < -0.39 is 37.9 Å². The van der Waals surface area contributed by atoms with Crippen molar-refractivity contribution in [3.8, 4) is 22.6 Å². The van der Waals surface area contributed by atoms with E-state index in [1.165, 1.54) is 44.2 Å². The maximum Gasteiger partial charge on any atom is 0.416 e. The van der Waals surface area contributed by atoms with Crippen LogP contribution >= 0.6 is 0 Å². The molecule has 38 heavy (non-hydrogen) atoms. The quantitative estimate of drug-likeness (QED) is 0.386. The van der Waals surface area contributed by atoms with Gasteiger partial charge in [-0.05, 0) is 44.2 Å². The van der Waals surface area contributed by atoms with Gasteiger partial charge in [0.25, 0.3) is 5.56 Å². The van der Waals surface area contributed by atoms with Gasteiger partial charge in [0.05, 0.1) is 35.3 Å². The van der Waals surface area contributed by atoms with Crippen LogP contribution in [0, 0.1) is 13.5 Å². The second kappa shape index (κ2) is 9.43. The Morgan fingerprint density at radius 1 is 1.08 bits per heavy atom. The van der Waals surface area contributed by atoms with Crippen molar-refractivity contribution in [2.45, 2.75) is 31.5 Å². The van der Waals surface area contributed by atoms with Gasteiger partial charge in [-0.1, -0.05) is 18.2 Å². The second-order valence-electron chi connectivity index (χ2n) is 8.12. The molecule has 0 radical (unpaired) electrons. The number of hydrogen-bond acceptors (Lipinski definition) is 5. The fourth-order valence-corrected chi connectivity index (χ4v) is 4.72. The molecule has 0 spiro atoms. The maximum atomic E-state index is 13.6. The van der Waals surface area contributed by atoms with Gasteiger partial charge in [0.1, 0.15) is 10.6 Å². The van der Waals surface area contributed by atoms with E-state index in [0.29, 0.717) is 0 Å². The van der Waals surface area contributed by atoms with Crippen LogP contribution in [0.25, 0.3) is 27.5 Å². The molecule has 0 amide bonds. The molecule has 0 bridgehead atoms. The standard InChI is InChI=1S/C24H19F3N6O4S/c1-4-31-22(34)20(14(2)32(23(31)35)18-7-5-6-15(12-18)24(25,26)27)21-19(38(28,36)37)13-30-33(21)17-10-8-16(29-3)9-11-17/h5-13H,4H2,1-2H3,(H2,28,36,37). The van der Waals surface area contributed by atoms with E-state index in [4.69, 9.17) is 11.7 Å². The van der Waals surface area contributed by atoms with Crippen LogP contribution in [-0.2, 0) is 22.7 Å². The largest absolute Gasteiger partial charge is 0.416 e. The van der Waals surface area contributed by atoms with Crippen LogP contribution in [0.15, 0.2) is 69.2 Å². The first-order valence-corrected chi connectivity index (χ1v) is 12.5. The molecular weight excluding hydrogens is 525 g/mol. The molecule has 4 aromatic rings. The van der Waals surface area contributed by atoms with Gasteiger partial charge in [-0.2, -0.15) is 18.3 Å². The zero-order valence-electron chi connectivity index (χ0n) is 19.9. The number of sulfonamides is 1. The molecule has 10 nitrogen and oxygen atoms in total. The lowest BCUT2D eigenvalue weighted by Crippen LogP contribution is -2.41. The number of rotatable bonds is 5. The van der Waals surface area contributed by atoms with Crippen molar-refractivity contribution < 1.29 is 21.6 Å². The Bertz CT molecular complexity index is 1830. The monoisotopic (exact) mass is 544 g/mol. The summed E-state index contributed by atoms with van der Waals surface area (Å²) in [4.78, 5) is 29.6. The van der Waals surface area contributed by atoms with Crippen molar-refractivity contribution in [3.63, 3.8) is 0 Å². The Balaban J connectivity index is 2.15. The molecule has 2 heterocycles. The van der Waals surface area contributed by atoms with Gasteiger partial charge in [-0.3, -0.25) is 13.9 Å². The Morgan fingerprint density at radius 3 is 2.29 bits per heavy atom. The molecule has 2 aromatic heterocycles. The average molecular weight is 545 g/mol. The van der Waals surface area contributed by atoms with Crippen LogP contribution in [0.2, 0.25) is 0 Å². The Kier molecular flexibility index (Phi) is 6.60.